The zero-order valence-corrected chi connectivity index (χ0v) is 12.9. The molecule has 1 N–H and O–H groups in total. The zero-order chi connectivity index (χ0) is 15.1. The molecule has 1 atom stereocenters. The molecule has 1 rings (SSSR count). The molecule has 4 nitrogen and oxygen atoms in total. The number of benzene rings is 1. The standard InChI is InChI=1S/C15H21ClN2O2/c1-4-13(15(20)17-3)18(14(19)5-2)10-11-8-6-7-9-12(11)16/h6-9,13H,4-5,10H2,1-3H3,(H,17,20)/t13-/m0/s1. The van der Waals surface area contributed by atoms with Crippen molar-refractivity contribution < 1.29 is 9.59 Å². The van der Waals surface area contributed by atoms with E-state index >= 15 is 0 Å². The highest BCUT2D eigenvalue weighted by Crippen LogP contribution is 2.20. The summed E-state index contributed by atoms with van der Waals surface area (Å²) in [5, 5.41) is 3.21. The van der Waals surface area contributed by atoms with Crippen LogP contribution in [0.1, 0.15) is 32.3 Å². The van der Waals surface area contributed by atoms with Crippen LogP contribution in [0.3, 0.4) is 0 Å². The Morgan fingerprint density at radius 1 is 1.30 bits per heavy atom. The maximum atomic E-state index is 12.2. The summed E-state index contributed by atoms with van der Waals surface area (Å²) in [6.45, 7) is 4.03. The van der Waals surface area contributed by atoms with Crippen LogP contribution in [0.4, 0.5) is 0 Å². The van der Waals surface area contributed by atoms with Gasteiger partial charge in [-0.25, -0.2) is 0 Å². The molecule has 20 heavy (non-hydrogen) atoms. The second kappa shape index (κ2) is 7.90. The molecule has 1 aromatic carbocycles. The third-order valence-electron chi connectivity index (χ3n) is 3.23. The molecule has 2 amide bonds. The topological polar surface area (TPSA) is 49.4 Å². The van der Waals surface area contributed by atoms with Crippen LogP contribution in [0.2, 0.25) is 5.02 Å². The van der Waals surface area contributed by atoms with Crippen molar-refractivity contribution in [2.24, 2.45) is 0 Å². The molecule has 0 aliphatic rings. The fourth-order valence-corrected chi connectivity index (χ4v) is 2.29. The maximum absolute atomic E-state index is 12.2. The van der Waals surface area contributed by atoms with E-state index in [1.54, 1.807) is 24.9 Å². The van der Waals surface area contributed by atoms with Crippen molar-refractivity contribution in [1.29, 1.82) is 0 Å². The first kappa shape index (κ1) is 16.5. The van der Waals surface area contributed by atoms with Gasteiger partial charge in [0.15, 0.2) is 0 Å². The average molecular weight is 297 g/mol. The van der Waals surface area contributed by atoms with Crippen molar-refractivity contribution >= 4 is 23.4 Å². The molecule has 0 fully saturated rings. The molecule has 5 heteroatoms. The number of nitrogens with zero attached hydrogens (tertiary/aromatic N) is 1. The van der Waals surface area contributed by atoms with E-state index < -0.39 is 6.04 Å². The fraction of sp³-hybridized carbons (Fsp3) is 0.467. The summed E-state index contributed by atoms with van der Waals surface area (Å²) in [5.74, 6) is -0.207. The zero-order valence-electron chi connectivity index (χ0n) is 12.1. The number of halogens is 1. The molecule has 0 bridgehead atoms. The van der Waals surface area contributed by atoms with Gasteiger partial charge in [0.1, 0.15) is 6.04 Å². The Morgan fingerprint density at radius 3 is 2.45 bits per heavy atom. The summed E-state index contributed by atoms with van der Waals surface area (Å²) in [6, 6.07) is 6.90. The van der Waals surface area contributed by atoms with Gasteiger partial charge in [-0.2, -0.15) is 0 Å². The molecule has 0 saturated heterocycles. The first-order valence-electron chi connectivity index (χ1n) is 6.79. The van der Waals surface area contributed by atoms with Gasteiger partial charge in [0, 0.05) is 25.0 Å². The minimum atomic E-state index is -0.469. The molecule has 0 unspecified atom stereocenters. The molecule has 0 aliphatic carbocycles. The van der Waals surface area contributed by atoms with Crippen LogP contribution in [-0.2, 0) is 16.1 Å². The van der Waals surface area contributed by atoms with Gasteiger partial charge in [-0.05, 0) is 18.1 Å². The molecule has 110 valence electrons. The maximum Gasteiger partial charge on any atom is 0.242 e. The molecular formula is C15H21ClN2O2. The van der Waals surface area contributed by atoms with E-state index in [9.17, 15) is 9.59 Å². The minimum Gasteiger partial charge on any atom is -0.357 e. The number of rotatable bonds is 6. The molecule has 0 heterocycles. The van der Waals surface area contributed by atoms with E-state index in [-0.39, 0.29) is 11.8 Å². The highest BCUT2D eigenvalue weighted by molar-refractivity contribution is 6.31. The third-order valence-corrected chi connectivity index (χ3v) is 3.60. The highest BCUT2D eigenvalue weighted by atomic mass is 35.5. The summed E-state index contributed by atoms with van der Waals surface area (Å²) in [7, 11) is 1.58. The average Bonchev–Trinajstić information content (AvgIpc) is 2.47. The highest BCUT2D eigenvalue weighted by Gasteiger charge is 2.27. The van der Waals surface area contributed by atoms with E-state index in [0.717, 1.165) is 5.56 Å². The summed E-state index contributed by atoms with van der Waals surface area (Å²) in [5.41, 5.74) is 0.846. The Morgan fingerprint density at radius 2 is 1.95 bits per heavy atom. The first-order valence-corrected chi connectivity index (χ1v) is 7.17. The summed E-state index contributed by atoms with van der Waals surface area (Å²) in [4.78, 5) is 25.7. The Bertz CT molecular complexity index is 477. The Hall–Kier alpha value is -1.55. The number of carbonyl (C=O) groups excluding carboxylic acids is 2. The number of carbonyl (C=O) groups is 2. The van der Waals surface area contributed by atoms with E-state index in [4.69, 9.17) is 11.6 Å². The molecule has 0 spiro atoms. The lowest BCUT2D eigenvalue weighted by Crippen LogP contribution is -2.48. The quantitative estimate of drug-likeness (QED) is 0.877. The molecule has 0 aliphatic heterocycles. The lowest BCUT2D eigenvalue weighted by Gasteiger charge is -2.30. The van der Waals surface area contributed by atoms with Crippen molar-refractivity contribution in [3.63, 3.8) is 0 Å². The van der Waals surface area contributed by atoms with Gasteiger partial charge in [0.05, 0.1) is 0 Å². The van der Waals surface area contributed by atoms with Crippen molar-refractivity contribution in [2.75, 3.05) is 7.05 Å². The number of amides is 2. The lowest BCUT2D eigenvalue weighted by atomic mass is 10.1. The largest absolute Gasteiger partial charge is 0.357 e. The van der Waals surface area contributed by atoms with Crippen LogP contribution in [-0.4, -0.2) is 29.8 Å². The normalized spacial score (nSPS) is 11.8. The second-order valence-corrected chi connectivity index (χ2v) is 4.91. The van der Waals surface area contributed by atoms with Crippen molar-refractivity contribution in [2.45, 2.75) is 39.3 Å². The van der Waals surface area contributed by atoms with E-state index in [1.165, 1.54) is 0 Å². The minimum absolute atomic E-state index is 0.0552. The lowest BCUT2D eigenvalue weighted by molar-refractivity contribution is -0.141. The Kier molecular flexibility index (Phi) is 6.52. The van der Waals surface area contributed by atoms with Crippen molar-refractivity contribution in [1.82, 2.24) is 10.2 Å². The van der Waals surface area contributed by atoms with E-state index in [0.29, 0.717) is 24.4 Å². The molecule has 0 radical (unpaired) electrons. The number of hydrogen-bond acceptors (Lipinski definition) is 2. The van der Waals surface area contributed by atoms with Crippen LogP contribution in [0.25, 0.3) is 0 Å². The fourth-order valence-electron chi connectivity index (χ4n) is 2.10. The van der Waals surface area contributed by atoms with E-state index in [2.05, 4.69) is 5.32 Å². The molecule has 0 saturated carbocycles. The Balaban J connectivity index is 3.03. The van der Waals surface area contributed by atoms with Gasteiger partial charge in [-0.3, -0.25) is 9.59 Å². The summed E-state index contributed by atoms with van der Waals surface area (Å²) < 4.78 is 0. The number of nitrogens with one attached hydrogen (secondary N) is 1. The number of hydrogen-bond donors (Lipinski definition) is 1. The van der Waals surface area contributed by atoms with Crippen LogP contribution in [0.5, 0.6) is 0 Å². The van der Waals surface area contributed by atoms with Crippen molar-refractivity contribution in [3.05, 3.63) is 34.9 Å². The monoisotopic (exact) mass is 296 g/mol. The predicted molar refractivity (Wildman–Crippen MR) is 80.4 cm³/mol. The predicted octanol–water partition coefficient (Wildman–Crippen LogP) is 2.60. The van der Waals surface area contributed by atoms with Crippen LogP contribution in [0, 0.1) is 0 Å². The summed E-state index contributed by atoms with van der Waals surface area (Å²) in [6.07, 6.45) is 0.924. The Labute approximate surface area is 125 Å². The first-order chi connectivity index (χ1) is 9.54. The van der Waals surface area contributed by atoms with Gasteiger partial charge in [0.2, 0.25) is 11.8 Å². The third kappa shape index (κ3) is 3.97. The SMILES string of the molecule is CCC(=O)N(Cc1ccccc1Cl)[C@@H](CC)C(=O)NC. The van der Waals surface area contributed by atoms with Gasteiger partial charge < -0.3 is 10.2 Å². The number of likely N-dealkylation sites (N-methyl/N-ethyl adjacent to an activating group) is 1. The van der Waals surface area contributed by atoms with Gasteiger partial charge in [-0.15, -0.1) is 0 Å². The summed E-state index contributed by atoms with van der Waals surface area (Å²) >= 11 is 6.14. The second-order valence-electron chi connectivity index (χ2n) is 4.50. The van der Waals surface area contributed by atoms with Gasteiger partial charge in [0.25, 0.3) is 0 Å². The van der Waals surface area contributed by atoms with Gasteiger partial charge >= 0.3 is 0 Å². The van der Waals surface area contributed by atoms with Crippen LogP contribution < -0.4 is 5.32 Å². The van der Waals surface area contributed by atoms with Crippen molar-refractivity contribution in [3.8, 4) is 0 Å². The van der Waals surface area contributed by atoms with Gasteiger partial charge in [-0.1, -0.05) is 43.6 Å². The molecule has 0 aromatic heterocycles. The smallest absolute Gasteiger partial charge is 0.242 e. The van der Waals surface area contributed by atoms with Crippen LogP contribution >= 0.6 is 11.6 Å². The van der Waals surface area contributed by atoms with E-state index in [1.807, 2.05) is 25.1 Å². The molecular weight excluding hydrogens is 276 g/mol. The molecule has 1 aromatic rings. The van der Waals surface area contributed by atoms with Crippen LogP contribution in [0.15, 0.2) is 24.3 Å².